The van der Waals surface area contributed by atoms with Gasteiger partial charge in [-0.05, 0) is 35.9 Å². The van der Waals surface area contributed by atoms with Crippen molar-refractivity contribution in [1.29, 1.82) is 0 Å². The zero-order valence-electron chi connectivity index (χ0n) is 13.7. The van der Waals surface area contributed by atoms with E-state index in [1.165, 1.54) is 43.5 Å². The molecule has 0 unspecified atom stereocenters. The molecule has 26 heavy (non-hydrogen) atoms. The van der Waals surface area contributed by atoms with Crippen LogP contribution in [0.5, 0.6) is 11.5 Å². The van der Waals surface area contributed by atoms with Crippen LogP contribution in [0.15, 0.2) is 48.5 Å². The van der Waals surface area contributed by atoms with E-state index in [4.69, 9.17) is 10.5 Å². The van der Waals surface area contributed by atoms with Crippen molar-refractivity contribution in [2.75, 3.05) is 12.4 Å². The van der Waals surface area contributed by atoms with E-state index < -0.39 is 18.4 Å². The van der Waals surface area contributed by atoms with Crippen molar-refractivity contribution in [3.05, 3.63) is 59.7 Å². The summed E-state index contributed by atoms with van der Waals surface area (Å²) >= 11 is 0. The normalized spacial score (nSPS) is 10.8. The first-order chi connectivity index (χ1) is 12.4. The summed E-state index contributed by atoms with van der Waals surface area (Å²) in [5.74, 6) is -1.17. The molecule has 0 saturated heterocycles. The Morgan fingerprint density at radius 1 is 1.15 bits per heavy atom. The van der Waals surface area contributed by atoms with Crippen LogP contribution >= 0.6 is 0 Å². The second-order valence-corrected chi connectivity index (χ2v) is 5.02. The SMILES string of the molecule is COc1cc(C=CC(=O)Nc2ccccc2C(N)=O)ccc1OC(F)F. The number of anilines is 1. The van der Waals surface area contributed by atoms with Crippen molar-refractivity contribution in [3.63, 3.8) is 0 Å². The van der Waals surface area contributed by atoms with Gasteiger partial charge in [-0.25, -0.2) is 0 Å². The lowest BCUT2D eigenvalue weighted by Crippen LogP contribution is -2.16. The van der Waals surface area contributed by atoms with E-state index in [-0.39, 0.29) is 22.7 Å². The first-order valence-electron chi connectivity index (χ1n) is 7.41. The number of primary amides is 1. The fourth-order valence-electron chi connectivity index (χ4n) is 2.13. The van der Waals surface area contributed by atoms with Gasteiger partial charge >= 0.3 is 6.61 Å². The van der Waals surface area contributed by atoms with Crippen molar-refractivity contribution in [2.45, 2.75) is 6.61 Å². The van der Waals surface area contributed by atoms with Crippen molar-refractivity contribution in [3.8, 4) is 11.5 Å². The number of ether oxygens (including phenoxy) is 2. The van der Waals surface area contributed by atoms with Crippen molar-refractivity contribution in [2.24, 2.45) is 5.73 Å². The smallest absolute Gasteiger partial charge is 0.387 e. The average Bonchev–Trinajstić information content (AvgIpc) is 2.60. The molecule has 0 aromatic heterocycles. The minimum absolute atomic E-state index is 0.104. The number of carbonyl (C=O) groups is 2. The Balaban J connectivity index is 2.12. The number of nitrogens with one attached hydrogen (secondary N) is 1. The van der Waals surface area contributed by atoms with E-state index in [0.29, 0.717) is 5.56 Å². The van der Waals surface area contributed by atoms with Crippen LogP contribution in [0.3, 0.4) is 0 Å². The number of hydrogen-bond acceptors (Lipinski definition) is 4. The van der Waals surface area contributed by atoms with Gasteiger partial charge < -0.3 is 20.5 Å². The quantitative estimate of drug-likeness (QED) is 0.741. The number of amides is 2. The third kappa shape index (κ3) is 5.04. The third-order valence-corrected chi connectivity index (χ3v) is 3.28. The van der Waals surface area contributed by atoms with Crippen LogP contribution < -0.4 is 20.5 Å². The van der Waals surface area contributed by atoms with E-state index in [9.17, 15) is 18.4 Å². The van der Waals surface area contributed by atoms with Crippen molar-refractivity contribution < 1.29 is 27.8 Å². The molecule has 2 rings (SSSR count). The highest BCUT2D eigenvalue weighted by Crippen LogP contribution is 2.29. The van der Waals surface area contributed by atoms with Crippen molar-refractivity contribution in [1.82, 2.24) is 0 Å². The summed E-state index contributed by atoms with van der Waals surface area (Å²) in [5.41, 5.74) is 6.25. The third-order valence-electron chi connectivity index (χ3n) is 3.28. The molecule has 0 fully saturated rings. The molecule has 3 N–H and O–H groups in total. The zero-order chi connectivity index (χ0) is 19.1. The molecule has 8 heteroatoms. The lowest BCUT2D eigenvalue weighted by atomic mass is 10.1. The van der Waals surface area contributed by atoms with Crippen LogP contribution in [0.25, 0.3) is 6.08 Å². The van der Waals surface area contributed by atoms with Gasteiger partial charge in [0.15, 0.2) is 11.5 Å². The summed E-state index contributed by atoms with van der Waals surface area (Å²) in [6.07, 6.45) is 2.68. The molecule has 136 valence electrons. The molecule has 2 aromatic carbocycles. The van der Waals surface area contributed by atoms with Crippen LogP contribution in [-0.4, -0.2) is 25.5 Å². The maximum absolute atomic E-state index is 12.3. The summed E-state index contributed by atoms with van der Waals surface area (Å²) in [5, 5.41) is 2.55. The second kappa shape index (κ2) is 8.61. The van der Waals surface area contributed by atoms with Gasteiger partial charge in [0.1, 0.15) is 0 Å². The van der Waals surface area contributed by atoms with Gasteiger partial charge in [0.05, 0.1) is 18.4 Å². The predicted octanol–water partition coefficient (Wildman–Crippen LogP) is 3.05. The molecule has 0 aliphatic carbocycles. The van der Waals surface area contributed by atoms with Gasteiger partial charge in [0, 0.05) is 6.08 Å². The lowest BCUT2D eigenvalue weighted by Gasteiger charge is -2.10. The summed E-state index contributed by atoms with van der Waals surface area (Å²) in [6.45, 7) is -2.97. The topological polar surface area (TPSA) is 90.6 Å². The highest BCUT2D eigenvalue weighted by atomic mass is 19.3. The van der Waals surface area contributed by atoms with Gasteiger partial charge in [-0.15, -0.1) is 0 Å². The van der Waals surface area contributed by atoms with Gasteiger partial charge in [-0.3, -0.25) is 9.59 Å². The molecule has 0 aliphatic heterocycles. The Bertz CT molecular complexity index is 838. The molecular formula is C18H16F2N2O4. The number of methoxy groups -OCH3 is 1. The average molecular weight is 362 g/mol. The summed E-state index contributed by atoms with van der Waals surface area (Å²) in [6, 6.07) is 10.6. The van der Waals surface area contributed by atoms with Crippen LogP contribution in [0.4, 0.5) is 14.5 Å². The predicted molar refractivity (Wildman–Crippen MR) is 92.2 cm³/mol. The molecule has 2 aromatic rings. The molecule has 6 nitrogen and oxygen atoms in total. The van der Waals surface area contributed by atoms with Crippen LogP contribution in [0.1, 0.15) is 15.9 Å². The minimum Gasteiger partial charge on any atom is -0.493 e. The van der Waals surface area contributed by atoms with Crippen LogP contribution in [0, 0.1) is 0 Å². The maximum atomic E-state index is 12.3. The van der Waals surface area contributed by atoms with E-state index in [0.717, 1.165) is 0 Å². The number of alkyl halides is 2. The van der Waals surface area contributed by atoms with Crippen LogP contribution in [0.2, 0.25) is 0 Å². The highest BCUT2D eigenvalue weighted by molar-refractivity contribution is 6.07. The summed E-state index contributed by atoms with van der Waals surface area (Å²) < 4.78 is 33.9. The van der Waals surface area contributed by atoms with E-state index in [1.54, 1.807) is 18.2 Å². The molecule has 0 atom stereocenters. The second-order valence-electron chi connectivity index (χ2n) is 5.02. The zero-order valence-corrected chi connectivity index (χ0v) is 13.7. The standard InChI is InChI=1S/C18H16F2N2O4/c1-25-15-10-11(6-8-14(15)26-18(19)20)7-9-16(23)22-13-5-3-2-4-12(13)17(21)24/h2-10,18H,1H3,(H2,21,24)(H,22,23). The molecule has 0 saturated carbocycles. The number of rotatable bonds is 7. The fraction of sp³-hybridized carbons (Fsp3) is 0.111. The van der Waals surface area contributed by atoms with Gasteiger partial charge in [-0.2, -0.15) is 8.78 Å². The molecule has 0 aliphatic rings. The molecule has 0 heterocycles. The first-order valence-corrected chi connectivity index (χ1v) is 7.41. The summed E-state index contributed by atoms with van der Waals surface area (Å²) in [4.78, 5) is 23.4. The summed E-state index contributed by atoms with van der Waals surface area (Å²) in [7, 11) is 1.31. The monoisotopic (exact) mass is 362 g/mol. The molecule has 0 radical (unpaired) electrons. The lowest BCUT2D eigenvalue weighted by molar-refractivity contribution is -0.111. The largest absolute Gasteiger partial charge is 0.493 e. The van der Waals surface area contributed by atoms with Gasteiger partial charge in [0.25, 0.3) is 5.91 Å². The Morgan fingerprint density at radius 3 is 2.54 bits per heavy atom. The molecule has 0 bridgehead atoms. The number of halogens is 2. The Morgan fingerprint density at radius 2 is 1.88 bits per heavy atom. The Kier molecular flexibility index (Phi) is 6.26. The van der Waals surface area contributed by atoms with E-state index >= 15 is 0 Å². The number of para-hydroxylation sites is 1. The van der Waals surface area contributed by atoms with Gasteiger partial charge in [0.2, 0.25) is 5.91 Å². The molecule has 0 spiro atoms. The molecule has 2 amide bonds. The first kappa shape index (κ1) is 18.9. The van der Waals surface area contributed by atoms with Gasteiger partial charge in [-0.1, -0.05) is 18.2 Å². The highest BCUT2D eigenvalue weighted by Gasteiger charge is 2.11. The number of nitrogens with two attached hydrogens (primary N) is 1. The minimum atomic E-state index is -2.97. The fourth-order valence-corrected chi connectivity index (χ4v) is 2.13. The van der Waals surface area contributed by atoms with E-state index in [2.05, 4.69) is 10.1 Å². The Labute approximate surface area is 148 Å². The van der Waals surface area contributed by atoms with Crippen molar-refractivity contribution >= 4 is 23.6 Å². The molecular weight excluding hydrogens is 346 g/mol. The number of hydrogen-bond donors (Lipinski definition) is 2. The van der Waals surface area contributed by atoms with E-state index in [1.807, 2.05) is 0 Å². The number of benzene rings is 2. The Hall–Kier alpha value is -3.42. The number of carbonyl (C=O) groups excluding carboxylic acids is 2. The van der Waals surface area contributed by atoms with Crippen LogP contribution in [-0.2, 0) is 4.79 Å². The maximum Gasteiger partial charge on any atom is 0.387 e.